The van der Waals surface area contributed by atoms with Gasteiger partial charge in [0.25, 0.3) is 0 Å². The molecule has 1 aliphatic heterocycles. The maximum absolute atomic E-state index is 12.2. The number of nitrogens with zero attached hydrogens (tertiary/aromatic N) is 1. The summed E-state index contributed by atoms with van der Waals surface area (Å²) in [6.07, 6.45) is 2.97. The highest BCUT2D eigenvalue weighted by molar-refractivity contribution is 5.79. The van der Waals surface area contributed by atoms with Gasteiger partial charge in [-0.05, 0) is 19.8 Å². The number of carbonyl (C=O) groups is 1. The summed E-state index contributed by atoms with van der Waals surface area (Å²) >= 11 is 0. The van der Waals surface area contributed by atoms with Gasteiger partial charge in [0.1, 0.15) is 0 Å². The predicted molar refractivity (Wildman–Crippen MR) is 64.1 cm³/mol. The highest BCUT2D eigenvalue weighted by Gasteiger charge is 2.25. The third kappa shape index (κ3) is 3.76. The molecular weight excluding hydrogens is 204 g/mol. The first-order valence-corrected chi connectivity index (χ1v) is 6.29. The van der Waals surface area contributed by atoms with E-state index in [1.54, 1.807) is 0 Å². The van der Waals surface area contributed by atoms with E-state index in [9.17, 15) is 4.79 Å². The van der Waals surface area contributed by atoms with E-state index in [0.717, 1.165) is 32.4 Å². The molecule has 1 aliphatic rings. The molecule has 0 radical (unpaired) electrons. The Morgan fingerprint density at radius 2 is 2.38 bits per heavy atom. The van der Waals surface area contributed by atoms with Crippen molar-refractivity contribution in [2.45, 2.75) is 39.2 Å². The first-order valence-electron chi connectivity index (χ1n) is 6.29. The molecule has 1 fully saturated rings. The average Bonchev–Trinajstić information content (AvgIpc) is 2.50. The monoisotopic (exact) mass is 228 g/mol. The molecule has 4 nitrogen and oxygen atoms in total. The van der Waals surface area contributed by atoms with Gasteiger partial charge in [-0.3, -0.25) is 4.79 Å². The third-order valence-electron chi connectivity index (χ3n) is 3.03. The van der Waals surface area contributed by atoms with E-state index < -0.39 is 0 Å². The van der Waals surface area contributed by atoms with Crippen LogP contribution in [0.1, 0.15) is 33.1 Å². The van der Waals surface area contributed by atoms with Gasteiger partial charge >= 0.3 is 0 Å². The molecule has 1 heterocycles. The highest BCUT2D eigenvalue weighted by atomic mass is 16.5. The minimum absolute atomic E-state index is 0.00435. The fourth-order valence-electron chi connectivity index (χ4n) is 2.14. The van der Waals surface area contributed by atoms with Gasteiger partial charge in [0.05, 0.1) is 12.0 Å². The van der Waals surface area contributed by atoms with Crippen LogP contribution in [-0.4, -0.2) is 43.2 Å². The number of nitrogens with two attached hydrogens (primary N) is 1. The summed E-state index contributed by atoms with van der Waals surface area (Å²) in [6.45, 7) is 6.83. The maximum atomic E-state index is 12.2. The molecule has 4 heteroatoms. The molecular formula is C12H24N2O2. The van der Waals surface area contributed by atoms with Crippen LogP contribution >= 0.6 is 0 Å². The zero-order valence-electron chi connectivity index (χ0n) is 10.4. The topological polar surface area (TPSA) is 55.6 Å². The number of hydrogen-bond donors (Lipinski definition) is 1. The SMILES string of the molecule is CCCC(CN)C(=O)N1CCCOC(C)C1. The fourth-order valence-corrected chi connectivity index (χ4v) is 2.14. The lowest BCUT2D eigenvalue weighted by Gasteiger charge is -2.26. The van der Waals surface area contributed by atoms with Crippen molar-refractivity contribution in [2.75, 3.05) is 26.2 Å². The van der Waals surface area contributed by atoms with Gasteiger partial charge in [-0.1, -0.05) is 13.3 Å². The number of hydrogen-bond acceptors (Lipinski definition) is 3. The van der Waals surface area contributed by atoms with E-state index >= 15 is 0 Å². The standard InChI is InChI=1S/C12H24N2O2/c1-3-5-11(8-13)12(15)14-6-4-7-16-10(2)9-14/h10-11H,3-9,13H2,1-2H3. The Hall–Kier alpha value is -0.610. The average molecular weight is 228 g/mol. The number of rotatable bonds is 4. The Kier molecular flexibility index (Phi) is 5.77. The molecule has 1 saturated heterocycles. The second-order valence-corrected chi connectivity index (χ2v) is 4.54. The van der Waals surface area contributed by atoms with Crippen molar-refractivity contribution in [1.29, 1.82) is 0 Å². The van der Waals surface area contributed by atoms with Gasteiger partial charge in [-0.25, -0.2) is 0 Å². The quantitative estimate of drug-likeness (QED) is 0.781. The highest BCUT2D eigenvalue weighted by Crippen LogP contribution is 2.13. The molecule has 16 heavy (non-hydrogen) atoms. The number of carbonyl (C=O) groups excluding carboxylic acids is 1. The van der Waals surface area contributed by atoms with Crippen LogP contribution in [0.4, 0.5) is 0 Å². The van der Waals surface area contributed by atoms with Crippen LogP contribution in [0.3, 0.4) is 0 Å². The second-order valence-electron chi connectivity index (χ2n) is 4.54. The molecule has 0 spiro atoms. The van der Waals surface area contributed by atoms with E-state index in [1.807, 2.05) is 11.8 Å². The Morgan fingerprint density at radius 3 is 3.00 bits per heavy atom. The molecule has 1 amide bonds. The van der Waals surface area contributed by atoms with Gasteiger partial charge in [0, 0.05) is 26.2 Å². The predicted octanol–water partition coefficient (Wildman–Crippen LogP) is 0.999. The summed E-state index contributed by atoms with van der Waals surface area (Å²) in [5.74, 6) is 0.206. The van der Waals surface area contributed by atoms with Gasteiger partial charge in [0.15, 0.2) is 0 Å². The zero-order valence-corrected chi connectivity index (χ0v) is 10.4. The lowest BCUT2D eigenvalue weighted by molar-refractivity contribution is -0.136. The molecule has 0 bridgehead atoms. The van der Waals surface area contributed by atoms with Crippen LogP contribution in [0.25, 0.3) is 0 Å². The Bertz CT molecular complexity index is 221. The Labute approximate surface area is 98.1 Å². The van der Waals surface area contributed by atoms with E-state index in [4.69, 9.17) is 10.5 Å². The van der Waals surface area contributed by atoms with Gasteiger partial charge in [-0.15, -0.1) is 0 Å². The summed E-state index contributed by atoms with van der Waals surface area (Å²) in [6, 6.07) is 0. The molecule has 2 atom stereocenters. The molecule has 1 rings (SSSR count). The van der Waals surface area contributed by atoms with Crippen LogP contribution in [0.2, 0.25) is 0 Å². The van der Waals surface area contributed by atoms with Crippen LogP contribution in [0.15, 0.2) is 0 Å². The van der Waals surface area contributed by atoms with Crippen molar-refractivity contribution >= 4 is 5.91 Å². The Balaban J connectivity index is 2.55. The van der Waals surface area contributed by atoms with Gasteiger partial charge in [-0.2, -0.15) is 0 Å². The number of amides is 1. The first kappa shape index (κ1) is 13.5. The molecule has 0 aliphatic carbocycles. The second kappa shape index (κ2) is 6.86. The zero-order chi connectivity index (χ0) is 12.0. The van der Waals surface area contributed by atoms with Crippen LogP contribution in [0, 0.1) is 5.92 Å². The van der Waals surface area contributed by atoms with Crippen molar-refractivity contribution in [3.63, 3.8) is 0 Å². The third-order valence-corrected chi connectivity index (χ3v) is 3.03. The minimum atomic E-state index is -0.00435. The maximum Gasteiger partial charge on any atom is 0.227 e. The van der Waals surface area contributed by atoms with Crippen molar-refractivity contribution < 1.29 is 9.53 Å². The van der Waals surface area contributed by atoms with E-state index in [-0.39, 0.29) is 17.9 Å². The van der Waals surface area contributed by atoms with Crippen LogP contribution in [-0.2, 0) is 9.53 Å². The fraction of sp³-hybridized carbons (Fsp3) is 0.917. The van der Waals surface area contributed by atoms with E-state index in [2.05, 4.69) is 6.92 Å². The summed E-state index contributed by atoms with van der Waals surface area (Å²) < 4.78 is 5.53. The molecule has 2 unspecified atom stereocenters. The summed E-state index contributed by atoms with van der Waals surface area (Å²) in [7, 11) is 0. The normalized spacial score (nSPS) is 23.9. The minimum Gasteiger partial charge on any atom is -0.377 e. The summed E-state index contributed by atoms with van der Waals surface area (Å²) in [5, 5.41) is 0. The molecule has 2 N–H and O–H groups in total. The van der Waals surface area contributed by atoms with Gasteiger partial charge < -0.3 is 15.4 Å². The van der Waals surface area contributed by atoms with Crippen molar-refractivity contribution in [3.8, 4) is 0 Å². The lowest BCUT2D eigenvalue weighted by atomic mass is 10.0. The van der Waals surface area contributed by atoms with E-state index in [1.165, 1.54) is 0 Å². The van der Waals surface area contributed by atoms with Crippen molar-refractivity contribution in [3.05, 3.63) is 0 Å². The number of ether oxygens (including phenoxy) is 1. The van der Waals surface area contributed by atoms with Gasteiger partial charge in [0.2, 0.25) is 5.91 Å². The summed E-state index contributed by atoms with van der Waals surface area (Å²) in [4.78, 5) is 14.1. The molecule has 0 aromatic heterocycles. The van der Waals surface area contributed by atoms with Crippen molar-refractivity contribution in [1.82, 2.24) is 4.90 Å². The smallest absolute Gasteiger partial charge is 0.227 e. The largest absolute Gasteiger partial charge is 0.377 e. The summed E-state index contributed by atoms with van der Waals surface area (Å²) in [5.41, 5.74) is 5.66. The molecule has 0 aromatic carbocycles. The molecule has 0 saturated carbocycles. The Morgan fingerprint density at radius 1 is 1.62 bits per heavy atom. The van der Waals surface area contributed by atoms with Crippen molar-refractivity contribution in [2.24, 2.45) is 11.7 Å². The lowest BCUT2D eigenvalue weighted by Crippen LogP contribution is -2.42. The van der Waals surface area contributed by atoms with Crippen LogP contribution in [0.5, 0.6) is 0 Å². The molecule has 0 aromatic rings. The van der Waals surface area contributed by atoms with E-state index in [0.29, 0.717) is 13.1 Å². The first-order chi connectivity index (χ1) is 7.69. The molecule has 94 valence electrons. The van der Waals surface area contributed by atoms with Crippen LogP contribution < -0.4 is 5.73 Å².